The van der Waals surface area contributed by atoms with Crippen LogP contribution in [-0.4, -0.2) is 22.5 Å². The molecule has 6 nitrogen and oxygen atoms in total. The van der Waals surface area contributed by atoms with Gasteiger partial charge in [0.15, 0.2) is 0 Å². The Hall–Kier alpha value is -1.49. The molecule has 0 spiro atoms. The van der Waals surface area contributed by atoms with Crippen LogP contribution in [0.3, 0.4) is 0 Å². The van der Waals surface area contributed by atoms with E-state index in [1.165, 1.54) is 0 Å². The minimum Gasteiger partial charge on any atom is -0.265 e. The highest BCUT2D eigenvalue weighted by atomic mass is 32.3. The fourth-order valence-corrected chi connectivity index (χ4v) is 0.426. The summed E-state index contributed by atoms with van der Waals surface area (Å²) >= 11 is 0. The molecule has 0 unspecified atom stereocenters. The van der Waals surface area contributed by atoms with Gasteiger partial charge >= 0.3 is 10.4 Å². The van der Waals surface area contributed by atoms with E-state index in [2.05, 4.69) is 4.98 Å². The van der Waals surface area contributed by atoms with Gasteiger partial charge in [-0.3, -0.25) is 14.1 Å². The number of pyridine rings is 1. The Balaban J connectivity index is 0.000000252. The van der Waals surface area contributed by atoms with Crippen LogP contribution >= 0.6 is 0 Å². The Kier molecular flexibility index (Phi) is 4.61. The van der Waals surface area contributed by atoms with E-state index in [0.29, 0.717) is 5.56 Å². The summed E-state index contributed by atoms with van der Waals surface area (Å²) in [6.45, 7) is 0. The predicted molar refractivity (Wildman–Crippen MR) is 43.1 cm³/mol. The smallest absolute Gasteiger partial charge is 0.265 e. The van der Waals surface area contributed by atoms with Crippen molar-refractivity contribution in [3.63, 3.8) is 0 Å². The molecule has 1 heterocycles. The molecular weight excluding hydrogens is 196 g/mol. The minimum absolute atomic E-state index is 0.653. The van der Waals surface area contributed by atoms with Gasteiger partial charge in [-0.25, -0.2) is 0 Å². The molecule has 13 heavy (non-hydrogen) atoms. The van der Waals surface area contributed by atoms with Crippen LogP contribution < -0.4 is 0 Å². The van der Waals surface area contributed by atoms with E-state index in [9.17, 15) is 0 Å². The van der Waals surface area contributed by atoms with E-state index in [-0.39, 0.29) is 0 Å². The monoisotopic (exact) mass is 202 g/mol. The molecule has 7 heteroatoms. The first kappa shape index (κ1) is 11.5. The number of nitriles is 1. The summed E-state index contributed by atoms with van der Waals surface area (Å²) in [4.78, 5) is 3.74. The Morgan fingerprint density at radius 1 is 1.31 bits per heavy atom. The van der Waals surface area contributed by atoms with Crippen molar-refractivity contribution in [2.75, 3.05) is 0 Å². The molecule has 0 aliphatic heterocycles. The summed E-state index contributed by atoms with van der Waals surface area (Å²) in [5.74, 6) is 0. The van der Waals surface area contributed by atoms with Gasteiger partial charge in [0.05, 0.1) is 11.6 Å². The zero-order valence-corrected chi connectivity index (χ0v) is 7.14. The number of rotatable bonds is 0. The first-order valence-electron chi connectivity index (χ1n) is 2.93. The first-order valence-corrected chi connectivity index (χ1v) is 4.33. The van der Waals surface area contributed by atoms with Gasteiger partial charge in [-0.1, -0.05) is 0 Å². The summed E-state index contributed by atoms with van der Waals surface area (Å²) in [5.41, 5.74) is 0.653. The SMILES string of the molecule is N#Cc1ccncc1.O=S(=O)(O)O. The zero-order valence-electron chi connectivity index (χ0n) is 6.32. The summed E-state index contributed by atoms with van der Waals surface area (Å²) in [6.07, 6.45) is 3.19. The van der Waals surface area contributed by atoms with Crippen molar-refractivity contribution >= 4 is 10.4 Å². The molecule has 1 rings (SSSR count). The third-order valence-corrected chi connectivity index (χ3v) is 0.809. The molecule has 0 aromatic carbocycles. The van der Waals surface area contributed by atoms with Gasteiger partial charge in [0.1, 0.15) is 0 Å². The van der Waals surface area contributed by atoms with Gasteiger partial charge in [0.2, 0.25) is 0 Å². The Morgan fingerprint density at radius 2 is 1.69 bits per heavy atom. The molecule has 0 saturated heterocycles. The molecule has 1 aromatic rings. The molecule has 0 aliphatic rings. The molecule has 0 saturated carbocycles. The average molecular weight is 202 g/mol. The molecule has 0 bridgehead atoms. The largest absolute Gasteiger partial charge is 0.394 e. The van der Waals surface area contributed by atoms with Crippen molar-refractivity contribution in [3.05, 3.63) is 30.1 Å². The highest BCUT2D eigenvalue weighted by molar-refractivity contribution is 7.79. The molecule has 0 atom stereocenters. The van der Waals surface area contributed by atoms with E-state index in [1.54, 1.807) is 24.5 Å². The van der Waals surface area contributed by atoms with Gasteiger partial charge in [-0.2, -0.15) is 13.7 Å². The molecule has 0 amide bonds. The van der Waals surface area contributed by atoms with Crippen LogP contribution in [0, 0.1) is 11.3 Å². The average Bonchev–Trinajstić information content (AvgIpc) is 2.03. The fourth-order valence-electron chi connectivity index (χ4n) is 0.426. The van der Waals surface area contributed by atoms with Crippen molar-refractivity contribution in [2.24, 2.45) is 0 Å². The quantitative estimate of drug-likeness (QED) is 0.585. The molecule has 1 aromatic heterocycles. The van der Waals surface area contributed by atoms with Crippen molar-refractivity contribution < 1.29 is 17.5 Å². The van der Waals surface area contributed by atoms with Crippen LogP contribution in [0.1, 0.15) is 5.56 Å². The second kappa shape index (κ2) is 5.21. The number of nitrogens with zero attached hydrogens (tertiary/aromatic N) is 2. The summed E-state index contributed by atoms with van der Waals surface area (Å²) in [7, 11) is -4.67. The Labute approximate surface area is 75.0 Å². The number of aromatic nitrogens is 1. The normalized spacial score (nSPS) is 9.31. The predicted octanol–water partition coefficient (Wildman–Crippen LogP) is 0.300. The maximum absolute atomic E-state index is 8.74. The third kappa shape index (κ3) is 10.5. The van der Waals surface area contributed by atoms with Gasteiger partial charge in [-0.05, 0) is 12.1 Å². The standard InChI is InChI=1S/C6H4N2.H2O4S/c7-5-6-1-3-8-4-2-6;1-5(2,3)4/h1-4H;(H2,1,2,3,4). The van der Waals surface area contributed by atoms with Gasteiger partial charge in [0, 0.05) is 12.4 Å². The van der Waals surface area contributed by atoms with E-state index < -0.39 is 10.4 Å². The second-order valence-electron chi connectivity index (χ2n) is 1.80. The first-order chi connectivity index (χ1) is 5.93. The highest BCUT2D eigenvalue weighted by Crippen LogP contribution is 1.89. The maximum Gasteiger partial charge on any atom is 0.394 e. The third-order valence-electron chi connectivity index (χ3n) is 0.809. The van der Waals surface area contributed by atoms with E-state index in [1.807, 2.05) is 6.07 Å². The van der Waals surface area contributed by atoms with E-state index in [0.717, 1.165) is 0 Å². The number of hydrogen-bond acceptors (Lipinski definition) is 4. The second-order valence-corrected chi connectivity index (χ2v) is 2.69. The van der Waals surface area contributed by atoms with Gasteiger partial charge < -0.3 is 0 Å². The van der Waals surface area contributed by atoms with Crippen LogP contribution in [0.5, 0.6) is 0 Å². The summed E-state index contributed by atoms with van der Waals surface area (Å²) in [5, 5.41) is 8.26. The molecule has 0 fully saturated rings. The van der Waals surface area contributed by atoms with Crippen LogP contribution in [0.2, 0.25) is 0 Å². The molecule has 0 radical (unpaired) electrons. The van der Waals surface area contributed by atoms with Crippen LogP contribution in [0.4, 0.5) is 0 Å². The lowest BCUT2D eigenvalue weighted by molar-refractivity contribution is 0.381. The van der Waals surface area contributed by atoms with Gasteiger partial charge in [0.25, 0.3) is 0 Å². The number of hydrogen-bond donors (Lipinski definition) is 2. The summed E-state index contributed by atoms with van der Waals surface area (Å²) < 4.78 is 31.6. The maximum atomic E-state index is 8.74. The van der Waals surface area contributed by atoms with Gasteiger partial charge in [-0.15, -0.1) is 0 Å². The van der Waals surface area contributed by atoms with Crippen molar-refractivity contribution in [1.82, 2.24) is 4.98 Å². The summed E-state index contributed by atoms with van der Waals surface area (Å²) in [6, 6.07) is 5.32. The molecular formula is C6H6N2O4S. The van der Waals surface area contributed by atoms with Crippen molar-refractivity contribution in [3.8, 4) is 6.07 Å². The Morgan fingerprint density at radius 3 is 1.92 bits per heavy atom. The molecule has 70 valence electrons. The highest BCUT2D eigenvalue weighted by Gasteiger charge is 1.84. The topological polar surface area (TPSA) is 111 Å². The van der Waals surface area contributed by atoms with Crippen molar-refractivity contribution in [2.45, 2.75) is 0 Å². The van der Waals surface area contributed by atoms with Crippen LogP contribution in [0.15, 0.2) is 24.5 Å². The molecule has 2 N–H and O–H groups in total. The lowest BCUT2D eigenvalue weighted by atomic mass is 10.3. The van der Waals surface area contributed by atoms with E-state index >= 15 is 0 Å². The lowest BCUT2D eigenvalue weighted by Gasteiger charge is -1.79. The lowest BCUT2D eigenvalue weighted by Crippen LogP contribution is -1.89. The zero-order chi connectivity index (χ0) is 10.3. The Bertz CT molecular complexity index is 373. The minimum atomic E-state index is -4.67. The van der Waals surface area contributed by atoms with Crippen molar-refractivity contribution in [1.29, 1.82) is 5.26 Å². The fraction of sp³-hybridized carbons (Fsp3) is 0. The van der Waals surface area contributed by atoms with Crippen LogP contribution in [0.25, 0.3) is 0 Å². The molecule has 0 aliphatic carbocycles. The van der Waals surface area contributed by atoms with E-state index in [4.69, 9.17) is 22.8 Å². The van der Waals surface area contributed by atoms with Crippen LogP contribution in [-0.2, 0) is 10.4 Å².